The summed E-state index contributed by atoms with van der Waals surface area (Å²) >= 11 is 0. The number of halogens is 5. The van der Waals surface area contributed by atoms with Crippen molar-refractivity contribution in [1.82, 2.24) is 34.7 Å². The number of anilines is 1. The Balaban J connectivity index is 1.71. The first-order valence-electron chi connectivity index (χ1n) is 10.4. The van der Waals surface area contributed by atoms with Gasteiger partial charge in [-0.1, -0.05) is 6.07 Å². The van der Waals surface area contributed by atoms with E-state index in [1.165, 1.54) is 16.6 Å². The van der Waals surface area contributed by atoms with Crippen molar-refractivity contribution in [2.24, 2.45) is 0 Å². The van der Waals surface area contributed by atoms with E-state index in [1.807, 2.05) is 0 Å². The lowest BCUT2D eigenvalue weighted by Gasteiger charge is -2.17. The Morgan fingerprint density at radius 1 is 1.18 bits per heavy atom. The highest BCUT2D eigenvalue weighted by Crippen LogP contribution is 2.36. The molecule has 0 spiro atoms. The van der Waals surface area contributed by atoms with Gasteiger partial charge in [-0.3, -0.25) is 4.79 Å². The minimum Gasteiger partial charge on any atom is -0.354 e. The zero-order valence-corrected chi connectivity index (χ0v) is 17.4. The SMILES string of the molecule is O=C1NCCCC[C@H]1Nc1nc2c(C(F)(F)F)cccc2c2nc(-c3cnn(C(F)F)c3)nn12. The first kappa shape index (κ1) is 22.0. The fraction of sp³-hybridized carbons (Fsp3) is 0.350. The molecule has 4 aromatic rings. The maximum absolute atomic E-state index is 13.7. The molecule has 1 atom stereocenters. The molecule has 34 heavy (non-hydrogen) atoms. The molecule has 14 heteroatoms. The van der Waals surface area contributed by atoms with E-state index < -0.39 is 24.3 Å². The number of carbonyl (C=O) groups is 1. The standard InChI is InChI=1S/C20H17F5N8O/c21-18(22)32-9-10(8-27-32)15-30-16-11-4-3-5-12(20(23,24)25)14(11)29-19(33(16)31-15)28-13-6-1-2-7-26-17(13)34/h3-5,8-9,13,18H,1-2,6-7H2,(H,26,34)(H,28,29)/t13-/m1/s1. The summed E-state index contributed by atoms with van der Waals surface area (Å²) in [5.41, 5.74) is -1.19. The van der Waals surface area contributed by atoms with Crippen LogP contribution in [0.1, 0.15) is 31.4 Å². The molecule has 1 amide bonds. The third-order valence-corrected chi connectivity index (χ3v) is 5.51. The van der Waals surface area contributed by atoms with Gasteiger partial charge < -0.3 is 10.6 Å². The van der Waals surface area contributed by atoms with E-state index in [1.54, 1.807) is 0 Å². The Bertz CT molecular complexity index is 1380. The van der Waals surface area contributed by atoms with Gasteiger partial charge in [0.25, 0.3) is 0 Å². The van der Waals surface area contributed by atoms with Crippen LogP contribution in [0, 0.1) is 0 Å². The molecule has 4 heterocycles. The van der Waals surface area contributed by atoms with Crippen LogP contribution in [0.2, 0.25) is 0 Å². The van der Waals surface area contributed by atoms with Crippen LogP contribution in [-0.4, -0.2) is 47.9 Å². The summed E-state index contributed by atoms with van der Waals surface area (Å²) in [4.78, 5) is 20.9. The summed E-state index contributed by atoms with van der Waals surface area (Å²) in [7, 11) is 0. The number of aromatic nitrogens is 6. The van der Waals surface area contributed by atoms with Crippen LogP contribution >= 0.6 is 0 Å². The van der Waals surface area contributed by atoms with E-state index in [2.05, 4.69) is 30.8 Å². The third kappa shape index (κ3) is 3.88. The maximum Gasteiger partial charge on any atom is 0.418 e. The van der Waals surface area contributed by atoms with Gasteiger partial charge in [0.2, 0.25) is 11.9 Å². The Hall–Kier alpha value is -3.84. The molecule has 1 fully saturated rings. The van der Waals surface area contributed by atoms with Crippen molar-refractivity contribution in [3.8, 4) is 11.4 Å². The molecule has 0 unspecified atom stereocenters. The zero-order chi connectivity index (χ0) is 24.0. The van der Waals surface area contributed by atoms with Crippen LogP contribution in [0.3, 0.4) is 0 Å². The molecule has 0 radical (unpaired) electrons. The van der Waals surface area contributed by atoms with Gasteiger partial charge in [-0.05, 0) is 31.4 Å². The highest BCUT2D eigenvalue weighted by molar-refractivity contribution is 5.95. The summed E-state index contributed by atoms with van der Waals surface area (Å²) in [6.45, 7) is -2.38. The van der Waals surface area contributed by atoms with E-state index in [-0.39, 0.29) is 39.8 Å². The predicted octanol–water partition coefficient (Wildman–Crippen LogP) is 3.64. The highest BCUT2D eigenvalue weighted by Gasteiger charge is 2.34. The lowest BCUT2D eigenvalue weighted by Crippen LogP contribution is -2.38. The van der Waals surface area contributed by atoms with Crippen molar-refractivity contribution >= 4 is 28.4 Å². The van der Waals surface area contributed by atoms with Gasteiger partial charge in [0, 0.05) is 18.1 Å². The van der Waals surface area contributed by atoms with Crippen LogP contribution in [-0.2, 0) is 11.0 Å². The molecule has 178 valence electrons. The second-order valence-corrected chi connectivity index (χ2v) is 7.78. The van der Waals surface area contributed by atoms with Gasteiger partial charge in [-0.15, -0.1) is 5.10 Å². The van der Waals surface area contributed by atoms with Crippen molar-refractivity contribution in [1.29, 1.82) is 0 Å². The monoisotopic (exact) mass is 480 g/mol. The average Bonchev–Trinajstić information content (AvgIpc) is 3.40. The van der Waals surface area contributed by atoms with Crippen LogP contribution in [0.15, 0.2) is 30.6 Å². The quantitative estimate of drug-likeness (QED) is 0.433. The summed E-state index contributed by atoms with van der Waals surface area (Å²) in [5.74, 6) is -0.469. The Labute approximate surface area is 188 Å². The normalized spacial score (nSPS) is 17.4. The molecule has 1 saturated heterocycles. The van der Waals surface area contributed by atoms with Gasteiger partial charge >= 0.3 is 12.7 Å². The van der Waals surface area contributed by atoms with E-state index in [9.17, 15) is 26.7 Å². The number of nitrogens with one attached hydrogen (secondary N) is 2. The number of benzene rings is 1. The summed E-state index contributed by atoms with van der Waals surface area (Å²) in [6.07, 6.45) is -0.605. The van der Waals surface area contributed by atoms with Crippen molar-refractivity contribution < 1.29 is 26.7 Å². The maximum atomic E-state index is 13.7. The number of amides is 1. The molecular formula is C20H17F5N8O. The minimum atomic E-state index is -4.69. The molecule has 5 rings (SSSR count). The number of nitrogens with zero attached hydrogens (tertiary/aromatic N) is 6. The molecule has 0 aliphatic carbocycles. The average molecular weight is 480 g/mol. The summed E-state index contributed by atoms with van der Waals surface area (Å²) < 4.78 is 68.7. The van der Waals surface area contributed by atoms with Gasteiger partial charge in [0.15, 0.2) is 11.5 Å². The number of para-hydroxylation sites is 1. The number of fused-ring (bicyclic) bond motifs is 3. The second kappa shape index (κ2) is 8.18. The van der Waals surface area contributed by atoms with Gasteiger partial charge in [0.1, 0.15) is 6.04 Å². The second-order valence-electron chi connectivity index (χ2n) is 7.78. The topological polar surface area (TPSA) is 102 Å². The molecule has 0 bridgehead atoms. The summed E-state index contributed by atoms with van der Waals surface area (Å²) in [5, 5.41) is 13.5. The lowest BCUT2D eigenvalue weighted by molar-refractivity contribution is -0.136. The predicted molar refractivity (Wildman–Crippen MR) is 110 cm³/mol. The Kier molecular flexibility index (Phi) is 5.29. The Morgan fingerprint density at radius 2 is 2.00 bits per heavy atom. The van der Waals surface area contributed by atoms with E-state index in [0.717, 1.165) is 31.3 Å². The highest BCUT2D eigenvalue weighted by atomic mass is 19.4. The van der Waals surface area contributed by atoms with Gasteiger partial charge in [-0.25, -0.2) is 14.6 Å². The molecular weight excluding hydrogens is 463 g/mol. The number of rotatable bonds is 4. The van der Waals surface area contributed by atoms with Gasteiger partial charge in [-0.2, -0.15) is 31.6 Å². The van der Waals surface area contributed by atoms with E-state index in [0.29, 0.717) is 17.6 Å². The van der Waals surface area contributed by atoms with Crippen LogP contribution in [0.25, 0.3) is 27.9 Å². The largest absolute Gasteiger partial charge is 0.418 e. The van der Waals surface area contributed by atoms with Crippen molar-refractivity contribution in [2.45, 2.75) is 38.0 Å². The van der Waals surface area contributed by atoms with E-state index in [4.69, 9.17) is 0 Å². The molecule has 9 nitrogen and oxygen atoms in total. The molecule has 0 saturated carbocycles. The molecule has 2 N–H and O–H groups in total. The van der Waals surface area contributed by atoms with Crippen molar-refractivity contribution in [3.05, 3.63) is 36.2 Å². The molecule has 3 aromatic heterocycles. The van der Waals surface area contributed by atoms with Crippen LogP contribution in [0.5, 0.6) is 0 Å². The summed E-state index contributed by atoms with van der Waals surface area (Å²) in [6, 6.07) is 2.79. The zero-order valence-electron chi connectivity index (χ0n) is 17.4. The van der Waals surface area contributed by atoms with Crippen molar-refractivity contribution in [2.75, 3.05) is 11.9 Å². The van der Waals surface area contributed by atoms with Crippen LogP contribution < -0.4 is 10.6 Å². The smallest absolute Gasteiger partial charge is 0.354 e. The van der Waals surface area contributed by atoms with Crippen molar-refractivity contribution in [3.63, 3.8) is 0 Å². The number of alkyl halides is 5. The molecule has 1 aliphatic heterocycles. The number of carbonyl (C=O) groups excluding carboxylic acids is 1. The molecule has 1 aromatic carbocycles. The number of hydrogen-bond acceptors (Lipinski definition) is 6. The fourth-order valence-corrected chi connectivity index (χ4v) is 3.87. The first-order valence-corrected chi connectivity index (χ1v) is 10.4. The third-order valence-electron chi connectivity index (χ3n) is 5.51. The fourth-order valence-electron chi connectivity index (χ4n) is 3.87. The Morgan fingerprint density at radius 3 is 2.74 bits per heavy atom. The minimum absolute atomic E-state index is 0.0208. The molecule has 1 aliphatic rings. The van der Waals surface area contributed by atoms with E-state index >= 15 is 0 Å². The lowest BCUT2D eigenvalue weighted by atomic mass is 10.1. The van der Waals surface area contributed by atoms with Crippen LogP contribution in [0.4, 0.5) is 27.9 Å². The van der Waals surface area contributed by atoms with Gasteiger partial charge in [0.05, 0.1) is 22.8 Å². The number of hydrogen-bond donors (Lipinski definition) is 2. The first-order chi connectivity index (χ1) is 16.2.